The zero-order valence-electron chi connectivity index (χ0n) is 10.4. The van der Waals surface area contributed by atoms with Crippen LogP contribution in [0, 0.1) is 6.92 Å². The molecule has 2 N–H and O–H groups in total. The van der Waals surface area contributed by atoms with Gasteiger partial charge in [-0.25, -0.2) is 0 Å². The SMILES string of the molecule is Cc1ccc(NC2CCCc3sccc32)cc1O. The molecule has 1 atom stereocenters. The van der Waals surface area contributed by atoms with E-state index in [-0.39, 0.29) is 0 Å². The average Bonchev–Trinajstić information content (AvgIpc) is 2.83. The molecule has 0 fully saturated rings. The molecular weight excluding hydrogens is 242 g/mol. The van der Waals surface area contributed by atoms with Crippen LogP contribution in [0.25, 0.3) is 0 Å². The molecule has 1 aromatic heterocycles. The Bertz CT molecular complexity index is 561. The van der Waals surface area contributed by atoms with E-state index in [0.717, 1.165) is 11.3 Å². The van der Waals surface area contributed by atoms with Crippen molar-refractivity contribution in [2.24, 2.45) is 0 Å². The number of rotatable bonds is 2. The molecule has 0 amide bonds. The van der Waals surface area contributed by atoms with Crippen molar-refractivity contribution in [2.45, 2.75) is 32.2 Å². The first-order valence-electron chi connectivity index (χ1n) is 6.36. The number of thiophene rings is 1. The number of aryl methyl sites for hydroxylation is 2. The Morgan fingerprint density at radius 3 is 3.06 bits per heavy atom. The highest BCUT2D eigenvalue weighted by atomic mass is 32.1. The van der Waals surface area contributed by atoms with E-state index in [0.29, 0.717) is 11.8 Å². The molecule has 0 aliphatic heterocycles. The molecule has 0 bridgehead atoms. The summed E-state index contributed by atoms with van der Waals surface area (Å²) in [5, 5.41) is 15.5. The summed E-state index contributed by atoms with van der Waals surface area (Å²) in [4.78, 5) is 1.51. The van der Waals surface area contributed by atoms with Gasteiger partial charge in [0, 0.05) is 16.6 Å². The molecule has 0 saturated heterocycles. The molecule has 1 aromatic carbocycles. The second kappa shape index (κ2) is 4.65. The van der Waals surface area contributed by atoms with Crippen LogP contribution in [-0.2, 0) is 6.42 Å². The summed E-state index contributed by atoms with van der Waals surface area (Å²) < 4.78 is 0. The van der Waals surface area contributed by atoms with E-state index in [1.807, 2.05) is 36.5 Å². The number of fused-ring (bicyclic) bond motifs is 1. The highest BCUT2D eigenvalue weighted by Gasteiger charge is 2.20. The van der Waals surface area contributed by atoms with Gasteiger partial charge in [0.05, 0.1) is 6.04 Å². The molecule has 2 nitrogen and oxygen atoms in total. The lowest BCUT2D eigenvalue weighted by Gasteiger charge is -2.24. The molecule has 0 spiro atoms. The van der Waals surface area contributed by atoms with Crippen LogP contribution in [0.5, 0.6) is 5.75 Å². The summed E-state index contributed by atoms with van der Waals surface area (Å²) in [5.74, 6) is 0.362. The van der Waals surface area contributed by atoms with Gasteiger partial charge in [0.15, 0.2) is 0 Å². The predicted octanol–water partition coefficient (Wildman–Crippen LogP) is 4.25. The van der Waals surface area contributed by atoms with Crippen LogP contribution in [0.15, 0.2) is 29.6 Å². The Morgan fingerprint density at radius 2 is 2.22 bits per heavy atom. The Balaban J connectivity index is 1.84. The number of benzene rings is 1. The molecule has 94 valence electrons. The van der Waals surface area contributed by atoms with Crippen LogP contribution >= 0.6 is 11.3 Å². The van der Waals surface area contributed by atoms with E-state index < -0.39 is 0 Å². The van der Waals surface area contributed by atoms with Crippen molar-refractivity contribution in [2.75, 3.05) is 5.32 Å². The molecule has 1 heterocycles. The zero-order valence-corrected chi connectivity index (χ0v) is 11.3. The molecule has 2 aromatic rings. The zero-order chi connectivity index (χ0) is 12.5. The first kappa shape index (κ1) is 11.6. The number of anilines is 1. The molecule has 1 unspecified atom stereocenters. The van der Waals surface area contributed by atoms with Crippen molar-refractivity contribution in [3.8, 4) is 5.75 Å². The minimum Gasteiger partial charge on any atom is -0.508 e. The number of aromatic hydroxyl groups is 1. The number of hydrogen-bond acceptors (Lipinski definition) is 3. The maximum Gasteiger partial charge on any atom is 0.120 e. The lowest BCUT2D eigenvalue weighted by molar-refractivity contribution is 0.471. The molecule has 18 heavy (non-hydrogen) atoms. The van der Waals surface area contributed by atoms with Gasteiger partial charge >= 0.3 is 0 Å². The van der Waals surface area contributed by atoms with Crippen LogP contribution in [0.2, 0.25) is 0 Å². The average molecular weight is 259 g/mol. The second-order valence-electron chi connectivity index (χ2n) is 4.89. The first-order valence-corrected chi connectivity index (χ1v) is 7.24. The summed E-state index contributed by atoms with van der Waals surface area (Å²) in [6.07, 6.45) is 3.62. The van der Waals surface area contributed by atoms with Crippen LogP contribution in [0.3, 0.4) is 0 Å². The van der Waals surface area contributed by atoms with Crippen LogP contribution in [-0.4, -0.2) is 5.11 Å². The van der Waals surface area contributed by atoms with Crippen molar-refractivity contribution in [1.29, 1.82) is 0 Å². The fourth-order valence-corrected chi connectivity index (χ4v) is 3.52. The maximum atomic E-state index is 9.75. The van der Waals surface area contributed by atoms with Gasteiger partial charge in [-0.15, -0.1) is 11.3 Å². The van der Waals surface area contributed by atoms with Gasteiger partial charge in [-0.2, -0.15) is 0 Å². The standard InChI is InChI=1S/C15H17NOS/c1-10-5-6-11(9-14(10)17)16-13-3-2-4-15-12(13)7-8-18-15/h5-9,13,16-17H,2-4H2,1H3. The summed E-state index contributed by atoms with van der Waals surface area (Å²) in [5.41, 5.74) is 3.36. The van der Waals surface area contributed by atoms with Crippen LogP contribution in [0.1, 0.15) is 34.9 Å². The van der Waals surface area contributed by atoms with Crippen molar-refractivity contribution >= 4 is 17.0 Å². The Kier molecular flexibility index (Phi) is 3.00. The minimum atomic E-state index is 0.362. The predicted molar refractivity (Wildman–Crippen MR) is 76.5 cm³/mol. The molecule has 0 radical (unpaired) electrons. The molecule has 1 aliphatic rings. The summed E-state index contributed by atoms with van der Waals surface area (Å²) >= 11 is 1.86. The number of phenols is 1. The van der Waals surface area contributed by atoms with Crippen molar-refractivity contribution in [1.82, 2.24) is 0 Å². The second-order valence-corrected chi connectivity index (χ2v) is 5.89. The van der Waals surface area contributed by atoms with E-state index in [4.69, 9.17) is 0 Å². The first-order chi connectivity index (χ1) is 8.74. The monoisotopic (exact) mass is 259 g/mol. The van der Waals surface area contributed by atoms with Crippen molar-refractivity contribution in [3.05, 3.63) is 45.6 Å². The highest BCUT2D eigenvalue weighted by molar-refractivity contribution is 7.10. The van der Waals surface area contributed by atoms with Crippen molar-refractivity contribution < 1.29 is 5.11 Å². The number of phenolic OH excluding ortho intramolecular Hbond substituents is 1. The lowest BCUT2D eigenvalue weighted by atomic mass is 9.94. The Morgan fingerprint density at radius 1 is 1.33 bits per heavy atom. The smallest absolute Gasteiger partial charge is 0.120 e. The van der Waals surface area contributed by atoms with E-state index in [9.17, 15) is 5.11 Å². The largest absolute Gasteiger partial charge is 0.508 e. The molecule has 0 saturated carbocycles. The Hall–Kier alpha value is -1.48. The number of nitrogens with one attached hydrogen (secondary N) is 1. The summed E-state index contributed by atoms with van der Waals surface area (Å²) in [6, 6.07) is 8.42. The van der Waals surface area contributed by atoms with Gasteiger partial charge in [-0.05, 0) is 54.8 Å². The third kappa shape index (κ3) is 2.10. The van der Waals surface area contributed by atoms with E-state index in [1.54, 1.807) is 0 Å². The summed E-state index contributed by atoms with van der Waals surface area (Å²) in [7, 11) is 0. The van der Waals surface area contributed by atoms with Gasteiger partial charge < -0.3 is 10.4 Å². The van der Waals surface area contributed by atoms with Crippen LogP contribution in [0.4, 0.5) is 5.69 Å². The maximum absolute atomic E-state index is 9.75. The minimum absolute atomic E-state index is 0.362. The fourth-order valence-electron chi connectivity index (χ4n) is 2.54. The van der Waals surface area contributed by atoms with Gasteiger partial charge in [0.25, 0.3) is 0 Å². The molecule has 3 rings (SSSR count). The molecule has 1 aliphatic carbocycles. The molecular formula is C15H17NOS. The fraction of sp³-hybridized carbons (Fsp3) is 0.333. The molecule has 3 heteroatoms. The van der Waals surface area contributed by atoms with Crippen LogP contribution < -0.4 is 5.32 Å². The van der Waals surface area contributed by atoms with Gasteiger partial charge in [-0.1, -0.05) is 6.07 Å². The van der Waals surface area contributed by atoms with E-state index in [1.165, 1.54) is 29.7 Å². The lowest BCUT2D eigenvalue weighted by Crippen LogP contribution is -2.15. The van der Waals surface area contributed by atoms with Crippen molar-refractivity contribution in [3.63, 3.8) is 0 Å². The van der Waals surface area contributed by atoms with E-state index >= 15 is 0 Å². The highest BCUT2D eigenvalue weighted by Crippen LogP contribution is 2.36. The Labute approximate surface area is 111 Å². The number of hydrogen-bond donors (Lipinski definition) is 2. The normalized spacial score (nSPS) is 18.4. The van der Waals surface area contributed by atoms with Gasteiger partial charge in [0.2, 0.25) is 0 Å². The summed E-state index contributed by atoms with van der Waals surface area (Å²) in [6.45, 7) is 1.91. The quantitative estimate of drug-likeness (QED) is 0.845. The topological polar surface area (TPSA) is 32.3 Å². The third-order valence-electron chi connectivity index (χ3n) is 3.60. The van der Waals surface area contributed by atoms with Gasteiger partial charge in [-0.3, -0.25) is 0 Å². The van der Waals surface area contributed by atoms with Gasteiger partial charge in [0.1, 0.15) is 5.75 Å². The van der Waals surface area contributed by atoms with E-state index in [2.05, 4.69) is 16.8 Å². The third-order valence-corrected chi connectivity index (χ3v) is 4.60.